The normalized spacial score (nSPS) is 14.8. The summed E-state index contributed by atoms with van der Waals surface area (Å²) in [6, 6.07) is 12.7. The molecule has 1 aliphatic rings. The number of amides is 1. The summed E-state index contributed by atoms with van der Waals surface area (Å²) in [4.78, 5) is 26.9. The first-order chi connectivity index (χ1) is 15.7. The van der Waals surface area contributed by atoms with Gasteiger partial charge in [-0.1, -0.05) is 18.2 Å². The van der Waals surface area contributed by atoms with Crippen LogP contribution in [0.2, 0.25) is 0 Å². The summed E-state index contributed by atoms with van der Waals surface area (Å²) in [6.45, 7) is 3.14. The van der Waals surface area contributed by atoms with E-state index in [9.17, 15) is 22.8 Å². The second kappa shape index (κ2) is 11.2. The largest absolute Gasteiger partial charge is 0.481 e. The Labute approximate surface area is 191 Å². The number of carbonyl (C=O) groups is 2. The van der Waals surface area contributed by atoms with E-state index in [0.29, 0.717) is 63.4 Å². The molecule has 3 rings (SSSR count). The molecule has 1 fully saturated rings. The number of halogens is 3. The van der Waals surface area contributed by atoms with Crippen molar-refractivity contribution in [2.45, 2.75) is 31.9 Å². The van der Waals surface area contributed by atoms with Crippen LogP contribution in [0.25, 0.3) is 0 Å². The molecule has 2 aromatic carbocycles. The predicted molar refractivity (Wildman–Crippen MR) is 120 cm³/mol. The van der Waals surface area contributed by atoms with Gasteiger partial charge in [0, 0.05) is 56.9 Å². The number of carboxylic acid groups (broad SMARTS) is 1. The molecule has 33 heavy (non-hydrogen) atoms. The van der Waals surface area contributed by atoms with Crippen LogP contribution in [0.4, 0.5) is 24.5 Å². The summed E-state index contributed by atoms with van der Waals surface area (Å²) in [5.74, 6) is -0.912. The van der Waals surface area contributed by atoms with Gasteiger partial charge in [-0.15, -0.1) is 0 Å². The highest BCUT2D eigenvalue weighted by Crippen LogP contribution is 2.31. The summed E-state index contributed by atoms with van der Waals surface area (Å²) >= 11 is 0. The van der Waals surface area contributed by atoms with Gasteiger partial charge < -0.3 is 15.3 Å². The monoisotopic (exact) mass is 463 g/mol. The van der Waals surface area contributed by atoms with Crippen LogP contribution in [-0.4, -0.2) is 54.6 Å². The van der Waals surface area contributed by atoms with Crippen LogP contribution in [0.1, 0.15) is 30.4 Å². The van der Waals surface area contributed by atoms with Gasteiger partial charge in [0.2, 0.25) is 5.91 Å². The first kappa shape index (κ1) is 24.6. The molecule has 6 nitrogen and oxygen atoms in total. The number of nitrogens with zero attached hydrogens (tertiary/aromatic N) is 2. The standard InChI is InChI=1S/C24H28F3N3O3/c25-24(26,27)19-4-2-5-21(17-19)30-15-13-29(14-16-30)12-11-22(31)28-20-9-7-18(8-10-20)3-1-6-23(32)33/h2,4-5,7-10,17H,1,3,6,11-16H2,(H,28,31)(H,32,33). The van der Waals surface area contributed by atoms with Gasteiger partial charge >= 0.3 is 12.1 Å². The zero-order chi connectivity index (χ0) is 23.8. The minimum absolute atomic E-state index is 0.103. The molecule has 0 atom stereocenters. The number of carbonyl (C=O) groups excluding carboxylic acids is 1. The molecule has 0 bridgehead atoms. The maximum atomic E-state index is 12.9. The zero-order valence-corrected chi connectivity index (χ0v) is 18.3. The van der Waals surface area contributed by atoms with Crippen molar-refractivity contribution in [3.8, 4) is 0 Å². The van der Waals surface area contributed by atoms with Gasteiger partial charge in [-0.2, -0.15) is 13.2 Å². The van der Waals surface area contributed by atoms with Crippen LogP contribution < -0.4 is 10.2 Å². The van der Waals surface area contributed by atoms with E-state index in [1.807, 2.05) is 29.2 Å². The third-order valence-electron chi connectivity index (χ3n) is 5.66. The number of rotatable bonds is 9. The Bertz CT molecular complexity index is 940. The SMILES string of the molecule is O=C(O)CCCc1ccc(NC(=O)CCN2CCN(c3cccc(C(F)(F)F)c3)CC2)cc1. The van der Waals surface area contributed by atoms with Crippen LogP contribution in [0.3, 0.4) is 0 Å². The third kappa shape index (κ3) is 7.78. The molecule has 2 N–H and O–H groups in total. The molecule has 1 heterocycles. The number of piperazine rings is 1. The molecule has 1 aliphatic heterocycles. The maximum absolute atomic E-state index is 12.9. The Hall–Kier alpha value is -3.07. The molecule has 0 aromatic heterocycles. The van der Waals surface area contributed by atoms with Crippen LogP contribution in [-0.2, 0) is 22.2 Å². The van der Waals surface area contributed by atoms with Gasteiger partial charge in [-0.25, -0.2) is 0 Å². The molecule has 9 heteroatoms. The number of aryl methyl sites for hydroxylation is 1. The van der Waals surface area contributed by atoms with E-state index in [1.54, 1.807) is 6.07 Å². The number of carboxylic acids is 1. The number of nitrogens with one attached hydrogen (secondary N) is 1. The second-order valence-electron chi connectivity index (χ2n) is 8.12. The lowest BCUT2D eigenvalue weighted by Crippen LogP contribution is -2.47. The maximum Gasteiger partial charge on any atom is 0.416 e. The average molecular weight is 464 g/mol. The fraction of sp³-hybridized carbons (Fsp3) is 0.417. The average Bonchev–Trinajstić information content (AvgIpc) is 2.78. The van der Waals surface area contributed by atoms with Crippen molar-refractivity contribution in [2.75, 3.05) is 42.9 Å². The fourth-order valence-corrected chi connectivity index (χ4v) is 3.79. The van der Waals surface area contributed by atoms with E-state index >= 15 is 0 Å². The highest BCUT2D eigenvalue weighted by molar-refractivity contribution is 5.90. The first-order valence-corrected chi connectivity index (χ1v) is 11.0. The number of hydrogen-bond donors (Lipinski definition) is 2. The van der Waals surface area contributed by atoms with E-state index in [4.69, 9.17) is 5.11 Å². The molecular formula is C24H28F3N3O3. The molecule has 1 saturated heterocycles. The number of anilines is 2. The highest BCUT2D eigenvalue weighted by atomic mass is 19.4. The predicted octanol–water partition coefficient (Wildman–Crippen LogP) is 4.26. The van der Waals surface area contributed by atoms with Crippen molar-refractivity contribution >= 4 is 23.3 Å². The molecule has 0 radical (unpaired) electrons. The fourth-order valence-electron chi connectivity index (χ4n) is 3.79. The molecule has 0 aliphatic carbocycles. The number of hydrogen-bond acceptors (Lipinski definition) is 4. The lowest BCUT2D eigenvalue weighted by Gasteiger charge is -2.36. The molecule has 1 amide bonds. The van der Waals surface area contributed by atoms with Crippen LogP contribution in [0.15, 0.2) is 48.5 Å². The summed E-state index contributed by atoms with van der Waals surface area (Å²) in [7, 11) is 0. The van der Waals surface area contributed by atoms with Crippen LogP contribution in [0, 0.1) is 0 Å². The number of alkyl halides is 3. The minimum atomic E-state index is -4.36. The van der Waals surface area contributed by atoms with Crippen molar-refractivity contribution in [3.05, 3.63) is 59.7 Å². The quantitative estimate of drug-likeness (QED) is 0.581. The van der Waals surface area contributed by atoms with Crippen LogP contribution >= 0.6 is 0 Å². The van der Waals surface area contributed by atoms with Gasteiger partial charge in [0.05, 0.1) is 5.56 Å². The Balaban J connectivity index is 1.39. The molecule has 178 valence electrons. The van der Waals surface area contributed by atoms with E-state index in [1.165, 1.54) is 12.1 Å². The molecule has 0 saturated carbocycles. The molecule has 0 spiro atoms. The van der Waals surface area contributed by atoms with Gasteiger partial charge in [-0.3, -0.25) is 14.5 Å². The van der Waals surface area contributed by atoms with E-state index in [2.05, 4.69) is 10.2 Å². The van der Waals surface area contributed by atoms with Gasteiger partial charge in [-0.05, 0) is 48.7 Å². The third-order valence-corrected chi connectivity index (χ3v) is 5.66. The molecular weight excluding hydrogens is 435 g/mol. The summed E-state index contributed by atoms with van der Waals surface area (Å²) in [5.41, 5.74) is 1.63. The number of aliphatic carboxylic acids is 1. The van der Waals surface area contributed by atoms with Gasteiger partial charge in [0.15, 0.2) is 0 Å². The lowest BCUT2D eigenvalue weighted by atomic mass is 10.1. The summed E-state index contributed by atoms with van der Waals surface area (Å²) in [6.07, 6.45) is -2.66. The van der Waals surface area contributed by atoms with Crippen molar-refractivity contribution < 1.29 is 27.9 Å². The van der Waals surface area contributed by atoms with Crippen molar-refractivity contribution in [1.82, 2.24) is 4.90 Å². The number of benzene rings is 2. The Morgan fingerprint density at radius 3 is 2.30 bits per heavy atom. The summed E-state index contributed by atoms with van der Waals surface area (Å²) < 4.78 is 38.8. The van der Waals surface area contributed by atoms with E-state index in [0.717, 1.165) is 11.6 Å². The van der Waals surface area contributed by atoms with Crippen molar-refractivity contribution in [3.63, 3.8) is 0 Å². The first-order valence-electron chi connectivity index (χ1n) is 11.0. The minimum Gasteiger partial charge on any atom is -0.481 e. The summed E-state index contributed by atoms with van der Waals surface area (Å²) in [5, 5.41) is 11.6. The Kier molecular flexibility index (Phi) is 8.32. The van der Waals surface area contributed by atoms with Crippen molar-refractivity contribution in [2.24, 2.45) is 0 Å². The van der Waals surface area contributed by atoms with E-state index < -0.39 is 17.7 Å². The van der Waals surface area contributed by atoms with Crippen molar-refractivity contribution in [1.29, 1.82) is 0 Å². The molecule has 0 unspecified atom stereocenters. The van der Waals surface area contributed by atoms with E-state index in [-0.39, 0.29) is 12.3 Å². The topological polar surface area (TPSA) is 72.9 Å². The highest BCUT2D eigenvalue weighted by Gasteiger charge is 2.31. The smallest absolute Gasteiger partial charge is 0.416 e. The second-order valence-corrected chi connectivity index (χ2v) is 8.12. The zero-order valence-electron chi connectivity index (χ0n) is 18.3. The van der Waals surface area contributed by atoms with Crippen LogP contribution in [0.5, 0.6) is 0 Å². The lowest BCUT2D eigenvalue weighted by molar-refractivity contribution is -0.138. The van der Waals surface area contributed by atoms with Gasteiger partial charge in [0.25, 0.3) is 0 Å². The molecule has 2 aromatic rings. The van der Waals surface area contributed by atoms with Gasteiger partial charge in [0.1, 0.15) is 0 Å². The Morgan fingerprint density at radius 2 is 1.67 bits per heavy atom. The Morgan fingerprint density at radius 1 is 0.970 bits per heavy atom.